The van der Waals surface area contributed by atoms with Crippen LogP contribution in [0.15, 0.2) is 41.4 Å². The van der Waals surface area contributed by atoms with Crippen molar-refractivity contribution in [3.05, 3.63) is 42.0 Å². The molecule has 1 saturated heterocycles. The molecule has 2 heterocycles. The maximum atomic E-state index is 12.5. The van der Waals surface area contributed by atoms with E-state index in [1.165, 1.54) is 10.6 Å². The van der Waals surface area contributed by atoms with E-state index in [2.05, 4.69) is 44.8 Å². The summed E-state index contributed by atoms with van der Waals surface area (Å²) in [5.74, 6) is 0.613. The minimum atomic E-state index is -4.15. The highest BCUT2D eigenvalue weighted by atomic mass is 19.4. The average Bonchev–Trinajstić information content (AvgIpc) is 3.29. The molecule has 0 amide bonds. The van der Waals surface area contributed by atoms with Crippen molar-refractivity contribution < 1.29 is 13.2 Å². The third kappa shape index (κ3) is 5.89. The summed E-state index contributed by atoms with van der Waals surface area (Å²) in [5.41, 5.74) is 2.31. The number of nitrogens with one attached hydrogen (secondary N) is 2. The molecule has 1 fully saturated rings. The Morgan fingerprint density at radius 2 is 2.04 bits per heavy atom. The molecular weight excluding hydrogens is 355 g/mol. The summed E-state index contributed by atoms with van der Waals surface area (Å²) in [5, 5.41) is 6.49. The van der Waals surface area contributed by atoms with Crippen molar-refractivity contribution in [2.24, 2.45) is 4.99 Å². The van der Waals surface area contributed by atoms with Crippen molar-refractivity contribution in [1.82, 2.24) is 15.5 Å². The molecule has 0 aliphatic carbocycles. The molecule has 1 unspecified atom stereocenters. The summed E-state index contributed by atoms with van der Waals surface area (Å²) in [6.07, 6.45) is 0.833. The minimum absolute atomic E-state index is 0.0273. The van der Waals surface area contributed by atoms with Gasteiger partial charge in [0, 0.05) is 51.5 Å². The number of benzene rings is 1. The van der Waals surface area contributed by atoms with E-state index in [9.17, 15) is 13.2 Å². The first-order chi connectivity index (χ1) is 12.9. The lowest BCUT2D eigenvalue weighted by Gasteiger charge is -2.20. The molecule has 27 heavy (non-hydrogen) atoms. The summed E-state index contributed by atoms with van der Waals surface area (Å²) in [6, 6.07) is 8.30. The maximum Gasteiger partial charge on any atom is 0.401 e. The van der Waals surface area contributed by atoms with Crippen LogP contribution in [0, 0.1) is 0 Å². The SMILES string of the molecule is CN=C(NCc1cccc(N2CC=CC2)c1)NC1CCN(CC(F)(F)F)C1. The second-order valence-electron chi connectivity index (χ2n) is 6.95. The number of guanidine groups is 1. The molecule has 2 aliphatic rings. The molecule has 0 spiro atoms. The van der Waals surface area contributed by atoms with Crippen LogP contribution >= 0.6 is 0 Å². The number of hydrogen-bond donors (Lipinski definition) is 2. The molecule has 3 rings (SSSR count). The van der Waals surface area contributed by atoms with Crippen LogP contribution in [0.3, 0.4) is 0 Å². The summed E-state index contributed by atoms with van der Waals surface area (Å²) in [6.45, 7) is 2.42. The van der Waals surface area contributed by atoms with Gasteiger partial charge in [0.05, 0.1) is 6.54 Å². The zero-order valence-electron chi connectivity index (χ0n) is 15.5. The first-order valence-corrected chi connectivity index (χ1v) is 9.18. The van der Waals surface area contributed by atoms with Crippen LogP contribution in [0.5, 0.6) is 0 Å². The highest BCUT2D eigenvalue weighted by Crippen LogP contribution is 2.20. The Hall–Kier alpha value is -2.22. The lowest BCUT2D eigenvalue weighted by atomic mass is 10.2. The van der Waals surface area contributed by atoms with Crippen LogP contribution in [-0.4, -0.2) is 62.8 Å². The summed E-state index contributed by atoms with van der Waals surface area (Å²) < 4.78 is 37.5. The van der Waals surface area contributed by atoms with Gasteiger partial charge < -0.3 is 15.5 Å². The Kier molecular flexibility index (Phi) is 6.26. The topological polar surface area (TPSA) is 42.9 Å². The number of nitrogens with zero attached hydrogens (tertiary/aromatic N) is 3. The predicted octanol–water partition coefficient (Wildman–Crippen LogP) is 2.36. The fraction of sp³-hybridized carbons (Fsp3) is 0.526. The molecule has 1 aromatic carbocycles. The van der Waals surface area contributed by atoms with Gasteiger partial charge in [-0.15, -0.1) is 0 Å². The van der Waals surface area contributed by atoms with Crippen LogP contribution in [0.2, 0.25) is 0 Å². The van der Waals surface area contributed by atoms with Crippen LogP contribution in [0.4, 0.5) is 18.9 Å². The van der Waals surface area contributed by atoms with E-state index in [0.717, 1.165) is 18.7 Å². The lowest BCUT2D eigenvalue weighted by Crippen LogP contribution is -2.44. The smallest absolute Gasteiger partial charge is 0.364 e. The number of rotatable bonds is 5. The van der Waals surface area contributed by atoms with Crippen molar-refractivity contribution in [3.8, 4) is 0 Å². The molecule has 0 saturated carbocycles. The quantitative estimate of drug-likeness (QED) is 0.467. The van der Waals surface area contributed by atoms with Gasteiger partial charge in [0.2, 0.25) is 0 Å². The number of alkyl halides is 3. The van der Waals surface area contributed by atoms with Crippen LogP contribution in [0.25, 0.3) is 0 Å². The lowest BCUT2D eigenvalue weighted by molar-refractivity contribution is -0.143. The van der Waals surface area contributed by atoms with E-state index in [4.69, 9.17) is 0 Å². The van der Waals surface area contributed by atoms with Crippen LogP contribution < -0.4 is 15.5 Å². The van der Waals surface area contributed by atoms with Crippen molar-refractivity contribution in [3.63, 3.8) is 0 Å². The number of anilines is 1. The molecule has 5 nitrogen and oxygen atoms in total. The third-order valence-corrected chi connectivity index (χ3v) is 4.79. The molecule has 2 aliphatic heterocycles. The highest BCUT2D eigenvalue weighted by Gasteiger charge is 2.34. The van der Waals surface area contributed by atoms with E-state index in [1.807, 2.05) is 12.1 Å². The second-order valence-corrected chi connectivity index (χ2v) is 6.95. The summed E-state index contributed by atoms with van der Waals surface area (Å²) in [7, 11) is 1.67. The van der Waals surface area contributed by atoms with E-state index in [-0.39, 0.29) is 6.04 Å². The largest absolute Gasteiger partial charge is 0.401 e. The first-order valence-electron chi connectivity index (χ1n) is 9.18. The summed E-state index contributed by atoms with van der Waals surface area (Å²) >= 11 is 0. The van der Waals surface area contributed by atoms with Gasteiger partial charge in [0.15, 0.2) is 5.96 Å². The van der Waals surface area contributed by atoms with E-state index >= 15 is 0 Å². The zero-order valence-corrected chi connectivity index (χ0v) is 15.5. The Labute approximate surface area is 157 Å². The number of aliphatic imine (C=N–C) groups is 1. The van der Waals surface area contributed by atoms with E-state index < -0.39 is 12.7 Å². The summed E-state index contributed by atoms with van der Waals surface area (Å²) in [4.78, 5) is 7.91. The third-order valence-electron chi connectivity index (χ3n) is 4.79. The minimum Gasteiger partial charge on any atom is -0.364 e. The molecule has 2 N–H and O–H groups in total. The van der Waals surface area contributed by atoms with Crippen molar-refractivity contribution in [2.45, 2.75) is 25.2 Å². The van der Waals surface area contributed by atoms with Gasteiger partial charge in [-0.1, -0.05) is 24.3 Å². The van der Waals surface area contributed by atoms with E-state index in [1.54, 1.807) is 7.05 Å². The van der Waals surface area contributed by atoms with Crippen molar-refractivity contribution in [1.29, 1.82) is 0 Å². The van der Waals surface area contributed by atoms with Crippen LogP contribution in [0.1, 0.15) is 12.0 Å². The molecule has 1 aromatic rings. The van der Waals surface area contributed by atoms with E-state index in [0.29, 0.717) is 32.0 Å². The number of hydrogen-bond acceptors (Lipinski definition) is 3. The van der Waals surface area contributed by atoms with Crippen molar-refractivity contribution in [2.75, 3.05) is 44.7 Å². The van der Waals surface area contributed by atoms with Crippen molar-refractivity contribution >= 4 is 11.6 Å². The molecule has 148 valence electrons. The van der Waals surface area contributed by atoms with Crippen LogP contribution in [-0.2, 0) is 6.54 Å². The zero-order chi connectivity index (χ0) is 19.3. The molecule has 0 bridgehead atoms. The Morgan fingerprint density at radius 3 is 2.74 bits per heavy atom. The number of likely N-dealkylation sites (tertiary alicyclic amines) is 1. The average molecular weight is 381 g/mol. The fourth-order valence-corrected chi connectivity index (χ4v) is 3.47. The fourth-order valence-electron chi connectivity index (χ4n) is 3.47. The standard InChI is InChI=1S/C19H26F3N5/c1-23-18(25-16-7-10-26(13-16)14-19(20,21)22)24-12-15-5-4-6-17(11-15)27-8-2-3-9-27/h2-6,11,16H,7-10,12-14H2,1H3,(H2,23,24,25). The molecule has 8 heteroatoms. The molecule has 1 atom stereocenters. The molecule has 0 radical (unpaired) electrons. The molecular formula is C19H26F3N5. The Morgan fingerprint density at radius 1 is 1.26 bits per heavy atom. The van der Waals surface area contributed by atoms with Gasteiger partial charge in [-0.2, -0.15) is 13.2 Å². The Balaban J connectivity index is 1.48. The van der Waals surface area contributed by atoms with Gasteiger partial charge in [-0.3, -0.25) is 9.89 Å². The number of halogens is 3. The maximum absolute atomic E-state index is 12.5. The van der Waals surface area contributed by atoms with Gasteiger partial charge in [-0.05, 0) is 24.1 Å². The second kappa shape index (κ2) is 8.65. The predicted molar refractivity (Wildman–Crippen MR) is 102 cm³/mol. The van der Waals surface area contributed by atoms with Gasteiger partial charge >= 0.3 is 6.18 Å². The first kappa shape index (κ1) is 19.5. The normalized spacial score (nSPS) is 21.1. The highest BCUT2D eigenvalue weighted by molar-refractivity contribution is 5.80. The van der Waals surface area contributed by atoms with Gasteiger partial charge in [-0.25, -0.2) is 0 Å². The van der Waals surface area contributed by atoms with Gasteiger partial charge in [0.25, 0.3) is 0 Å². The molecule has 0 aromatic heterocycles. The Bertz CT molecular complexity index is 678. The monoisotopic (exact) mass is 381 g/mol. The van der Waals surface area contributed by atoms with Gasteiger partial charge in [0.1, 0.15) is 0 Å².